The van der Waals surface area contributed by atoms with Gasteiger partial charge in [-0.25, -0.2) is 12.7 Å². The van der Waals surface area contributed by atoms with Crippen LogP contribution in [-0.2, 0) is 23.0 Å². The molecule has 2 aromatic rings. The van der Waals surface area contributed by atoms with Gasteiger partial charge in [-0.05, 0) is 42.9 Å². The summed E-state index contributed by atoms with van der Waals surface area (Å²) >= 11 is 0. The number of nitrogens with zero attached hydrogens (tertiary/aromatic N) is 4. The number of pyridine rings is 1. The average molecular weight is 348 g/mol. The van der Waals surface area contributed by atoms with E-state index in [1.165, 1.54) is 6.26 Å². The summed E-state index contributed by atoms with van der Waals surface area (Å²) < 4.78 is 27.0. The highest BCUT2D eigenvalue weighted by atomic mass is 32.2. The van der Waals surface area contributed by atoms with Crippen LogP contribution in [0.15, 0.2) is 30.6 Å². The molecule has 24 heavy (non-hydrogen) atoms. The lowest BCUT2D eigenvalue weighted by Crippen LogP contribution is -2.27. The first-order valence-corrected chi connectivity index (χ1v) is 10.2. The van der Waals surface area contributed by atoms with Crippen molar-refractivity contribution in [3.63, 3.8) is 0 Å². The molecule has 0 saturated carbocycles. The molecule has 0 bridgehead atoms. The van der Waals surface area contributed by atoms with Crippen LogP contribution in [0, 0.1) is 5.92 Å². The zero-order valence-electron chi connectivity index (χ0n) is 14.2. The summed E-state index contributed by atoms with van der Waals surface area (Å²) in [5.74, 6) is 0.338. The minimum Gasteiger partial charge on any atom is -0.263 e. The monoisotopic (exact) mass is 348 g/mol. The van der Waals surface area contributed by atoms with Crippen molar-refractivity contribution in [2.45, 2.75) is 32.7 Å². The van der Waals surface area contributed by atoms with Crippen molar-refractivity contribution in [3.8, 4) is 11.4 Å². The van der Waals surface area contributed by atoms with Gasteiger partial charge in [-0.2, -0.15) is 5.10 Å². The Morgan fingerprint density at radius 1 is 1.29 bits per heavy atom. The van der Waals surface area contributed by atoms with E-state index in [1.54, 1.807) is 10.5 Å². The van der Waals surface area contributed by atoms with E-state index in [4.69, 9.17) is 0 Å². The molecule has 0 spiro atoms. The lowest BCUT2D eigenvalue weighted by atomic mass is 9.96. The number of sulfonamides is 1. The van der Waals surface area contributed by atoms with Gasteiger partial charge in [-0.1, -0.05) is 13.0 Å². The van der Waals surface area contributed by atoms with Crippen LogP contribution in [0.25, 0.3) is 11.4 Å². The molecule has 6 nitrogen and oxygen atoms in total. The van der Waals surface area contributed by atoms with Gasteiger partial charge in [0.25, 0.3) is 0 Å². The Hall–Kier alpha value is -1.73. The third-order valence-electron chi connectivity index (χ3n) is 4.51. The Bertz CT molecular complexity index is 800. The molecule has 3 heterocycles. The highest BCUT2D eigenvalue weighted by molar-refractivity contribution is 7.88. The molecule has 1 aliphatic heterocycles. The number of rotatable bonds is 6. The van der Waals surface area contributed by atoms with Gasteiger partial charge in [0.05, 0.1) is 17.6 Å². The molecule has 130 valence electrons. The second kappa shape index (κ2) is 7.03. The van der Waals surface area contributed by atoms with Crippen molar-refractivity contribution >= 4 is 10.0 Å². The fraction of sp³-hybridized carbons (Fsp3) is 0.529. The number of aryl methyl sites for hydroxylation is 1. The van der Waals surface area contributed by atoms with Crippen molar-refractivity contribution < 1.29 is 8.42 Å². The van der Waals surface area contributed by atoms with Crippen LogP contribution in [0.5, 0.6) is 0 Å². The first-order chi connectivity index (χ1) is 11.5. The first-order valence-electron chi connectivity index (χ1n) is 8.40. The molecule has 0 amide bonds. The van der Waals surface area contributed by atoms with Gasteiger partial charge >= 0.3 is 0 Å². The Kier molecular flexibility index (Phi) is 5.01. The second-order valence-electron chi connectivity index (χ2n) is 6.43. The molecule has 2 aromatic heterocycles. The van der Waals surface area contributed by atoms with Gasteiger partial charge in [-0.3, -0.25) is 9.67 Å². The van der Waals surface area contributed by atoms with Gasteiger partial charge in [0, 0.05) is 32.0 Å². The minimum absolute atomic E-state index is 0.338. The van der Waals surface area contributed by atoms with Crippen LogP contribution < -0.4 is 0 Å². The summed E-state index contributed by atoms with van der Waals surface area (Å²) in [5, 5.41) is 4.39. The summed E-state index contributed by atoms with van der Waals surface area (Å²) in [5.41, 5.74) is 3.15. The van der Waals surface area contributed by atoms with Crippen molar-refractivity contribution in [2.24, 2.45) is 5.92 Å². The van der Waals surface area contributed by atoms with E-state index < -0.39 is 10.0 Å². The second-order valence-corrected chi connectivity index (χ2v) is 8.41. The topological polar surface area (TPSA) is 68.1 Å². The van der Waals surface area contributed by atoms with Crippen LogP contribution in [0.1, 0.15) is 25.3 Å². The van der Waals surface area contributed by atoms with E-state index in [2.05, 4.69) is 23.1 Å². The molecule has 1 fully saturated rings. The van der Waals surface area contributed by atoms with Crippen LogP contribution in [0.3, 0.4) is 0 Å². The van der Waals surface area contributed by atoms with Gasteiger partial charge < -0.3 is 0 Å². The zero-order chi connectivity index (χ0) is 17.2. The van der Waals surface area contributed by atoms with Crippen molar-refractivity contribution in [1.82, 2.24) is 19.1 Å². The van der Waals surface area contributed by atoms with Gasteiger partial charge in [0.2, 0.25) is 10.0 Å². The number of hydrogen-bond donors (Lipinski definition) is 0. The minimum atomic E-state index is -3.09. The Morgan fingerprint density at radius 3 is 2.83 bits per heavy atom. The van der Waals surface area contributed by atoms with E-state index >= 15 is 0 Å². The third kappa shape index (κ3) is 3.67. The molecule has 0 unspecified atom stereocenters. The van der Waals surface area contributed by atoms with Gasteiger partial charge in [0.15, 0.2) is 0 Å². The van der Waals surface area contributed by atoms with Gasteiger partial charge in [0.1, 0.15) is 0 Å². The molecule has 0 radical (unpaired) electrons. The molecule has 0 N–H and O–H groups in total. The molecule has 1 aliphatic rings. The summed E-state index contributed by atoms with van der Waals surface area (Å²) in [6.45, 7) is 4.21. The molecule has 3 rings (SSSR count). The predicted molar refractivity (Wildman–Crippen MR) is 94.0 cm³/mol. The summed E-state index contributed by atoms with van der Waals surface area (Å²) in [7, 11) is -3.09. The van der Waals surface area contributed by atoms with E-state index in [0.717, 1.165) is 42.8 Å². The number of hydrogen-bond acceptors (Lipinski definition) is 4. The van der Waals surface area contributed by atoms with E-state index in [-0.39, 0.29) is 0 Å². The summed E-state index contributed by atoms with van der Waals surface area (Å²) in [4.78, 5) is 4.58. The lowest BCUT2D eigenvalue weighted by Gasteiger charge is -2.15. The van der Waals surface area contributed by atoms with Crippen molar-refractivity contribution in [1.29, 1.82) is 0 Å². The van der Waals surface area contributed by atoms with Crippen LogP contribution in [0.4, 0.5) is 0 Å². The van der Waals surface area contributed by atoms with Crippen molar-refractivity contribution in [2.75, 3.05) is 19.3 Å². The maximum absolute atomic E-state index is 11.7. The molecule has 1 atom stereocenters. The van der Waals surface area contributed by atoms with Gasteiger partial charge in [-0.15, -0.1) is 0 Å². The lowest BCUT2D eigenvalue weighted by molar-refractivity contribution is 0.460. The quantitative estimate of drug-likeness (QED) is 0.802. The largest absolute Gasteiger partial charge is 0.263 e. The van der Waals surface area contributed by atoms with Crippen LogP contribution >= 0.6 is 0 Å². The highest BCUT2D eigenvalue weighted by Crippen LogP contribution is 2.27. The van der Waals surface area contributed by atoms with E-state index in [1.807, 2.05) is 23.0 Å². The highest BCUT2D eigenvalue weighted by Gasteiger charge is 2.29. The maximum Gasteiger partial charge on any atom is 0.211 e. The smallest absolute Gasteiger partial charge is 0.211 e. The standard InChI is InChI=1S/C17H24N4O2S/c1-3-10-21-16(6-9-19-21)17-15(5-4-8-18-17)12-14-7-11-20(13-14)24(2,22)23/h4-6,8-9,14H,3,7,10-13H2,1-2H3/t14-/m0/s1. The zero-order valence-corrected chi connectivity index (χ0v) is 15.0. The predicted octanol–water partition coefficient (Wildman–Crippen LogP) is 2.18. The molecule has 0 aliphatic carbocycles. The normalized spacial score (nSPS) is 19.0. The number of aromatic nitrogens is 3. The molecular formula is C17H24N4O2S. The molecule has 0 aromatic carbocycles. The molecule has 7 heteroatoms. The summed E-state index contributed by atoms with van der Waals surface area (Å²) in [6, 6.07) is 6.04. The average Bonchev–Trinajstić information content (AvgIpc) is 3.17. The first kappa shape index (κ1) is 17.1. The van der Waals surface area contributed by atoms with E-state index in [9.17, 15) is 8.42 Å². The Morgan fingerprint density at radius 2 is 2.12 bits per heavy atom. The SMILES string of the molecule is CCCn1nccc1-c1ncccc1C[C@@H]1CCN(S(C)(=O)=O)C1. The Balaban J connectivity index is 1.82. The molecular weight excluding hydrogens is 324 g/mol. The fourth-order valence-electron chi connectivity index (χ4n) is 3.33. The Labute approximate surface area is 143 Å². The van der Waals surface area contributed by atoms with Crippen LogP contribution in [-0.4, -0.2) is 46.8 Å². The molecule has 1 saturated heterocycles. The van der Waals surface area contributed by atoms with Crippen LogP contribution in [0.2, 0.25) is 0 Å². The maximum atomic E-state index is 11.7. The fourth-order valence-corrected chi connectivity index (χ4v) is 4.25. The van der Waals surface area contributed by atoms with Crippen molar-refractivity contribution in [3.05, 3.63) is 36.2 Å². The summed E-state index contributed by atoms with van der Waals surface area (Å²) in [6.07, 6.45) is 7.66. The van der Waals surface area contributed by atoms with E-state index in [0.29, 0.717) is 19.0 Å². The third-order valence-corrected chi connectivity index (χ3v) is 5.78.